The van der Waals surface area contributed by atoms with E-state index in [2.05, 4.69) is 5.32 Å². The van der Waals surface area contributed by atoms with E-state index in [4.69, 9.17) is 23.7 Å². The van der Waals surface area contributed by atoms with Gasteiger partial charge < -0.3 is 29.0 Å². The Morgan fingerprint density at radius 1 is 1.06 bits per heavy atom. The van der Waals surface area contributed by atoms with E-state index in [9.17, 15) is 9.59 Å². The molecule has 2 aromatic rings. The third kappa shape index (κ3) is 4.18. The first-order valence-electron chi connectivity index (χ1n) is 11.6. The Bertz CT molecular complexity index is 1100. The maximum Gasteiger partial charge on any atom is 0.315 e. The topological polar surface area (TPSA) is 92.3 Å². The van der Waals surface area contributed by atoms with Crippen molar-refractivity contribution in [2.45, 2.75) is 38.3 Å². The molecule has 2 fully saturated rings. The Labute approximate surface area is 198 Å². The molecular weight excluding hydrogens is 438 g/mol. The van der Waals surface area contributed by atoms with Crippen LogP contribution in [0.25, 0.3) is 11.1 Å². The molecule has 180 valence electrons. The molecule has 34 heavy (non-hydrogen) atoms. The number of hydrogen-bond donors (Lipinski definition) is 1. The molecule has 0 spiro atoms. The van der Waals surface area contributed by atoms with E-state index in [-0.39, 0.29) is 24.6 Å². The Hall–Kier alpha value is -3.26. The fourth-order valence-corrected chi connectivity index (χ4v) is 4.51. The van der Waals surface area contributed by atoms with Crippen LogP contribution in [0.5, 0.6) is 17.2 Å². The van der Waals surface area contributed by atoms with Crippen LogP contribution in [0.15, 0.2) is 30.3 Å². The number of fused-ring (bicyclic) bond motifs is 1. The summed E-state index contributed by atoms with van der Waals surface area (Å²) in [6.07, 6.45) is 2.81. The summed E-state index contributed by atoms with van der Waals surface area (Å²) in [6.45, 7) is 1.92. The summed E-state index contributed by atoms with van der Waals surface area (Å²) in [5, 5.41) is 2.84. The van der Waals surface area contributed by atoms with Crippen LogP contribution in [0.4, 0.5) is 0 Å². The highest BCUT2D eigenvalue weighted by Gasteiger charge is 2.53. The maximum absolute atomic E-state index is 13.0. The molecule has 2 aliphatic heterocycles. The minimum absolute atomic E-state index is 0.0657. The zero-order valence-electron chi connectivity index (χ0n) is 19.5. The van der Waals surface area contributed by atoms with E-state index in [1.165, 1.54) is 0 Å². The molecule has 2 aromatic carbocycles. The van der Waals surface area contributed by atoms with Crippen molar-refractivity contribution < 1.29 is 33.3 Å². The van der Waals surface area contributed by atoms with Crippen molar-refractivity contribution in [3.63, 3.8) is 0 Å². The molecule has 8 heteroatoms. The summed E-state index contributed by atoms with van der Waals surface area (Å²) in [7, 11) is 3.13. The molecule has 0 bridgehead atoms. The number of hydrogen-bond acceptors (Lipinski definition) is 7. The van der Waals surface area contributed by atoms with Crippen LogP contribution in [0.2, 0.25) is 0 Å². The molecule has 0 aromatic heterocycles. The van der Waals surface area contributed by atoms with Crippen molar-refractivity contribution in [3.05, 3.63) is 41.5 Å². The van der Waals surface area contributed by atoms with Gasteiger partial charge in [0.15, 0.2) is 11.5 Å². The lowest BCUT2D eigenvalue weighted by Gasteiger charge is -2.25. The highest BCUT2D eigenvalue weighted by Crippen LogP contribution is 2.50. The van der Waals surface area contributed by atoms with Crippen LogP contribution in [0.1, 0.15) is 41.6 Å². The summed E-state index contributed by atoms with van der Waals surface area (Å²) in [4.78, 5) is 24.9. The van der Waals surface area contributed by atoms with Gasteiger partial charge in [-0.05, 0) is 48.2 Å². The van der Waals surface area contributed by atoms with Crippen LogP contribution in [-0.2, 0) is 20.8 Å². The Morgan fingerprint density at radius 3 is 2.53 bits per heavy atom. The second-order valence-electron chi connectivity index (χ2n) is 9.02. The number of carbonyl (C=O) groups excluding carboxylic acids is 2. The van der Waals surface area contributed by atoms with E-state index in [1.807, 2.05) is 30.3 Å². The third-order valence-corrected chi connectivity index (χ3v) is 6.82. The van der Waals surface area contributed by atoms with E-state index >= 15 is 0 Å². The van der Waals surface area contributed by atoms with Crippen molar-refractivity contribution in [2.24, 2.45) is 5.41 Å². The Balaban J connectivity index is 1.41. The number of esters is 1. The normalized spacial score (nSPS) is 18.6. The lowest BCUT2D eigenvalue weighted by molar-refractivity contribution is -0.161. The summed E-state index contributed by atoms with van der Waals surface area (Å²) >= 11 is 0. The van der Waals surface area contributed by atoms with Gasteiger partial charge in [-0.15, -0.1) is 0 Å². The number of methoxy groups -OCH3 is 2. The molecule has 0 unspecified atom stereocenters. The van der Waals surface area contributed by atoms with E-state index in [1.54, 1.807) is 14.2 Å². The van der Waals surface area contributed by atoms with Gasteiger partial charge in [-0.2, -0.15) is 0 Å². The predicted molar refractivity (Wildman–Crippen MR) is 123 cm³/mol. The SMILES string of the molecule is COc1ccc(-c2ccc3c(c2)CNC3=O)c(OCC2(C(=O)OC3CCOCC3)CC2)c1OC. The molecule has 1 N–H and O–H groups in total. The maximum atomic E-state index is 13.0. The van der Waals surface area contributed by atoms with E-state index in [0.717, 1.165) is 42.4 Å². The molecular formula is C26H29NO7. The van der Waals surface area contributed by atoms with Crippen molar-refractivity contribution in [1.29, 1.82) is 0 Å². The lowest BCUT2D eigenvalue weighted by atomic mass is 9.99. The molecule has 5 rings (SSSR count). The lowest BCUT2D eigenvalue weighted by Crippen LogP contribution is -2.32. The number of benzene rings is 2. The summed E-state index contributed by atoms with van der Waals surface area (Å²) in [5.74, 6) is 1.23. The van der Waals surface area contributed by atoms with Gasteiger partial charge in [0.05, 0.1) is 27.4 Å². The number of rotatable bonds is 8. The second-order valence-corrected chi connectivity index (χ2v) is 9.02. The molecule has 2 heterocycles. The first kappa shape index (κ1) is 22.5. The molecule has 0 radical (unpaired) electrons. The van der Waals surface area contributed by atoms with Crippen LogP contribution >= 0.6 is 0 Å². The number of carbonyl (C=O) groups is 2. The zero-order chi connectivity index (χ0) is 23.7. The van der Waals surface area contributed by atoms with Crippen molar-refractivity contribution in [2.75, 3.05) is 34.0 Å². The molecule has 1 aliphatic carbocycles. The Morgan fingerprint density at radius 2 is 1.82 bits per heavy atom. The fourth-order valence-electron chi connectivity index (χ4n) is 4.51. The minimum atomic E-state index is -0.641. The van der Waals surface area contributed by atoms with Gasteiger partial charge in [-0.1, -0.05) is 6.07 Å². The minimum Gasteiger partial charge on any atom is -0.493 e. The summed E-state index contributed by atoms with van der Waals surface area (Å²) < 4.78 is 28.6. The Kier molecular flexibility index (Phi) is 6.08. The monoisotopic (exact) mass is 467 g/mol. The standard InChI is InChI=1S/C26H29NO7/c1-30-21-6-5-19(16-3-4-20-17(13-16)14-27-24(20)28)22(23(21)31-2)33-15-26(9-10-26)25(29)34-18-7-11-32-12-8-18/h3-6,13,18H,7-12,14-15H2,1-2H3,(H,27,28). The van der Waals surface area contributed by atoms with Crippen LogP contribution < -0.4 is 19.5 Å². The van der Waals surface area contributed by atoms with E-state index < -0.39 is 5.41 Å². The molecule has 8 nitrogen and oxygen atoms in total. The molecule has 1 saturated heterocycles. The van der Waals surface area contributed by atoms with Gasteiger partial charge in [-0.3, -0.25) is 9.59 Å². The highest BCUT2D eigenvalue weighted by molar-refractivity contribution is 5.99. The molecule has 1 amide bonds. The van der Waals surface area contributed by atoms with Crippen LogP contribution in [0, 0.1) is 5.41 Å². The smallest absolute Gasteiger partial charge is 0.315 e. The average molecular weight is 468 g/mol. The van der Waals surface area contributed by atoms with Crippen molar-refractivity contribution >= 4 is 11.9 Å². The first-order chi connectivity index (χ1) is 16.5. The van der Waals surface area contributed by atoms with Gasteiger partial charge in [0.2, 0.25) is 5.75 Å². The largest absolute Gasteiger partial charge is 0.493 e. The van der Waals surface area contributed by atoms with Gasteiger partial charge >= 0.3 is 5.97 Å². The number of ether oxygens (including phenoxy) is 5. The van der Waals surface area contributed by atoms with Crippen molar-refractivity contribution in [1.82, 2.24) is 5.32 Å². The van der Waals surface area contributed by atoms with Gasteiger partial charge in [0.25, 0.3) is 5.91 Å². The van der Waals surface area contributed by atoms with Crippen LogP contribution in [0.3, 0.4) is 0 Å². The fraction of sp³-hybridized carbons (Fsp3) is 0.462. The van der Waals surface area contributed by atoms with E-state index in [0.29, 0.717) is 42.6 Å². The van der Waals surface area contributed by atoms with Gasteiger partial charge in [0.1, 0.15) is 18.1 Å². The molecule has 0 atom stereocenters. The summed E-state index contributed by atoms with van der Waals surface area (Å²) in [5.41, 5.74) is 2.66. The second kappa shape index (κ2) is 9.18. The van der Waals surface area contributed by atoms with Gasteiger partial charge in [0, 0.05) is 30.5 Å². The number of amides is 1. The van der Waals surface area contributed by atoms with Crippen molar-refractivity contribution in [3.8, 4) is 28.4 Å². The zero-order valence-corrected chi connectivity index (χ0v) is 19.5. The molecule has 1 saturated carbocycles. The predicted octanol–water partition coefficient (Wildman–Crippen LogP) is 3.50. The average Bonchev–Trinajstić information content (AvgIpc) is 3.58. The molecule has 3 aliphatic rings. The van der Waals surface area contributed by atoms with Crippen LogP contribution in [-0.4, -0.2) is 52.0 Å². The highest BCUT2D eigenvalue weighted by atomic mass is 16.6. The first-order valence-corrected chi connectivity index (χ1v) is 11.6. The van der Waals surface area contributed by atoms with Gasteiger partial charge in [-0.25, -0.2) is 0 Å². The third-order valence-electron chi connectivity index (χ3n) is 6.82. The quantitative estimate of drug-likeness (QED) is 0.594. The summed E-state index contributed by atoms with van der Waals surface area (Å²) in [6, 6.07) is 9.42. The number of nitrogens with one attached hydrogen (secondary N) is 1.